The average Bonchev–Trinajstić information content (AvgIpc) is 3.49. The molecular weight excluding hydrogens is 496 g/mol. The topological polar surface area (TPSA) is 110 Å². The predicted octanol–water partition coefficient (Wildman–Crippen LogP) is 5.09. The number of hydrogen-bond donors (Lipinski definition) is 2. The molecule has 190 valence electrons. The first-order valence-electron chi connectivity index (χ1n) is 11.8. The van der Waals surface area contributed by atoms with Crippen molar-refractivity contribution in [3.8, 4) is 11.1 Å². The number of rotatable bonds is 5. The number of hydrogen-bond acceptors (Lipinski definition) is 5. The lowest BCUT2D eigenvalue weighted by Gasteiger charge is -2.13. The van der Waals surface area contributed by atoms with Gasteiger partial charge in [0.05, 0.1) is 34.7 Å². The Morgan fingerprint density at radius 1 is 1.08 bits per heavy atom. The van der Waals surface area contributed by atoms with E-state index in [1.807, 2.05) is 0 Å². The minimum atomic E-state index is -0.762. The van der Waals surface area contributed by atoms with Crippen molar-refractivity contribution in [3.63, 3.8) is 0 Å². The molecule has 0 aliphatic heterocycles. The minimum absolute atomic E-state index is 0.0355. The van der Waals surface area contributed by atoms with E-state index in [1.165, 1.54) is 59.5 Å². The van der Waals surface area contributed by atoms with E-state index in [0.717, 1.165) is 0 Å². The summed E-state index contributed by atoms with van der Waals surface area (Å²) in [7, 11) is 0. The highest BCUT2D eigenvalue weighted by atomic mass is 19.1. The fraction of sp³-hybridized carbons (Fsp3) is 0.107. The van der Waals surface area contributed by atoms with Crippen LogP contribution in [-0.2, 0) is 11.3 Å². The number of pyridine rings is 2. The maximum Gasteiger partial charge on any atom is 0.355 e. The lowest BCUT2D eigenvalue weighted by molar-refractivity contribution is 0.0516. The molecule has 0 aliphatic rings. The molecule has 0 spiro atoms. The number of fused-ring (bicyclic) bond motifs is 4. The summed E-state index contributed by atoms with van der Waals surface area (Å²) in [5.74, 6) is -1.89. The zero-order valence-electron chi connectivity index (χ0n) is 19.9. The molecule has 0 saturated heterocycles. The molecule has 0 amide bonds. The molecule has 10 heteroatoms. The van der Waals surface area contributed by atoms with Crippen LogP contribution < -0.4 is 11.1 Å². The molecule has 8 nitrogen and oxygen atoms in total. The van der Waals surface area contributed by atoms with Gasteiger partial charge < -0.3 is 23.7 Å². The number of ether oxygens (including phenoxy) is 1. The first kappa shape index (κ1) is 23.4. The van der Waals surface area contributed by atoms with E-state index < -0.39 is 28.7 Å². The summed E-state index contributed by atoms with van der Waals surface area (Å²) >= 11 is 0. The van der Waals surface area contributed by atoms with Gasteiger partial charge in [0.25, 0.3) is 5.56 Å². The number of nitrogens with one attached hydrogen (secondary N) is 2. The van der Waals surface area contributed by atoms with Gasteiger partial charge in [-0.2, -0.15) is 0 Å². The van der Waals surface area contributed by atoms with Crippen molar-refractivity contribution in [2.75, 3.05) is 6.61 Å². The molecule has 2 N–H and O–H groups in total. The van der Waals surface area contributed by atoms with Crippen molar-refractivity contribution in [3.05, 3.63) is 105 Å². The Hall–Kier alpha value is -4.99. The monoisotopic (exact) mass is 515 g/mol. The van der Waals surface area contributed by atoms with Crippen molar-refractivity contribution in [1.29, 1.82) is 0 Å². The fourth-order valence-electron chi connectivity index (χ4n) is 4.96. The molecule has 4 heterocycles. The van der Waals surface area contributed by atoms with E-state index in [4.69, 9.17) is 9.15 Å². The van der Waals surface area contributed by atoms with Crippen LogP contribution in [0.1, 0.15) is 23.0 Å². The highest BCUT2D eigenvalue weighted by Crippen LogP contribution is 2.40. The molecule has 0 saturated carbocycles. The van der Waals surface area contributed by atoms with Crippen molar-refractivity contribution in [2.45, 2.75) is 13.5 Å². The van der Waals surface area contributed by atoms with Gasteiger partial charge in [0.15, 0.2) is 0 Å². The lowest BCUT2D eigenvalue weighted by Crippen LogP contribution is -2.17. The van der Waals surface area contributed by atoms with Gasteiger partial charge >= 0.3 is 5.97 Å². The van der Waals surface area contributed by atoms with Crippen LogP contribution in [0.2, 0.25) is 0 Å². The number of aromatic nitrogens is 3. The number of esters is 1. The number of furan rings is 1. The van der Waals surface area contributed by atoms with E-state index in [2.05, 4.69) is 9.97 Å². The number of nitrogens with zero attached hydrogens (tertiary/aromatic N) is 1. The zero-order chi connectivity index (χ0) is 26.6. The zero-order valence-corrected chi connectivity index (χ0v) is 19.9. The molecule has 4 aromatic heterocycles. The van der Waals surface area contributed by atoms with Crippen LogP contribution in [0.4, 0.5) is 8.78 Å². The maximum atomic E-state index is 15.2. The third kappa shape index (κ3) is 3.61. The molecule has 0 bridgehead atoms. The molecule has 38 heavy (non-hydrogen) atoms. The Balaban J connectivity index is 1.77. The van der Waals surface area contributed by atoms with Crippen LogP contribution in [0.3, 0.4) is 0 Å². The molecule has 0 atom stereocenters. The molecule has 2 aromatic carbocycles. The quantitative estimate of drug-likeness (QED) is 0.311. The Morgan fingerprint density at radius 2 is 1.92 bits per heavy atom. The summed E-state index contributed by atoms with van der Waals surface area (Å²) in [4.78, 5) is 44.1. The first-order valence-corrected chi connectivity index (χ1v) is 11.8. The Kier molecular flexibility index (Phi) is 5.45. The molecule has 6 aromatic rings. The second-order valence-electron chi connectivity index (χ2n) is 8.71. The molecular formula is C28H19F2N3O5. The molecule has 0 aliphatic carbocycles. The number of halogens is 2. The first-order chi connectivity index (χ1) is 18.4. The Labute approximate surface area is 212 Å². The van der Waals surface area contributed by atoms with Crippen LogP contribution >= 0.6 is 0 Å². The highest BCUT2D eigenvalue weighted by molar-refractivity contribution is 6.17. The summed E-state index contributed by atoms with van der Waals surface area (Å²) in [5, 5.41) is 0.897. The van der Waals surface area contributed by atoms with Crippen molar-refractivity contribution in [1.82, 2.24) is 14.5 Å². The smallest absolute Gasteiger partial charge is 0.355 e. The van der Waals surface area contributed by atoms with Crippen molar-refractivity contribution in [2.24, 2.45) is 0 Å². The van der Waals surface area contributed by atoms with Crippen LogP contribution in [0.5, 0.6) is 0 Å². The lowest BCUT2D eigenvalue weighted by atomic mass is 10.0. The number of H-pyrrole nitrogens is 2. The van der Waals surface area contributed by atoms with Crippen LogP contribution in [0.25, 0.3) is 43.9 Å². The fourth-order valence-corrected chi connectivity index (χ4v) is 4.96. The van der Waals surface area contributed by atoms with Crippen molar-refractivity contribution >= 4 is 38.7 Å². The van der Waals surface area contributed by atoms with E-state index in [9.17, 15) is 18.8 Å². The summed E-state index contributed by atoms with van der Waals surface area (Å²) in [5.41, 5.74) is 0.525. The largest absolute Gasteiger partial charge is 0.463 e. The van der Waals surface area contributed by atoms with E-state index in [1.54, 1.807) is 13.0 Å². The predicted molar refractivity (Wildman–Crippen MR) is 137 cm³/mol. The molecule has 0 unspecified atom stereocenters. The third-order valence-electron chi connectivity index (χ3n) is 6.49. The maximum absolute atomic E-state index is 15.2. The normalized spacial score (nSPS) is 11.6. The van der Waals surface area contributed by atoms with Gasteiger partial charge in [-0.25, -0.2) is 13.6 Å². The average molecular weight is 515 g/mol. The highest BCUT2D eigenvalue weighted by Gasteiger charge is 2.30. The number of carbonyl (C=O) groups excluding carboxylic acids is 1. The van der Waals surface area contributed by atoms with Gasteiger partial charge in [0.2, 0.25) is 5.56 Å². The molecule has 6 rings (SSSR count). The summed E-state index contributed by atoms with van der Waals surface area (Å²) in [6.07, 6.45) is 2.77. The van der Waals surface area contributed by atoms with Gasteiger partial charge in [-0.3, -0.25) is 9.59 Å². The third-order valence-corrected chi connectivity index (χ3v) is 6.49. The van der Waals surface area contributed by atoms with Crippen LogP contribution in [-0.4, -0.2) is 27.1 Å². The van der Waals surface area contributed by atoms with Gasteiger partial charge in [-0.1, -0.05) is 0 Å². The van der Waals surface area contributed by atoms with E-state index >= 15 is 4.39 Å². The Bertz CT molecular complexity index is 2020. The summed E-state index contributed by atoms with van der Waals surface area (Å²) in [6, 6.07) is 11.1. The second-order valence-corrected chi connectivity index (χ2v) is 8.71. The van der Waals surface area contributed by atoms with Gasteiger partial charge in [-0.05, 0) is 55.0 Å². The van der Waals surface area contributed by atoms with E-state index in [0.29, 0.717) is 21.9 Å². The standard InChI is InChI=1S/C28H19F2N3O5/c1-2-37-28(36)25-23(17-4-3-8-31-27(17)35)24-21(12-19(30)16-7-9-38-26(16)24)33(25)13-14-10-22(34)32-20-6-5-15(29)11-18(14)20/h3-12H,2,13H2,1H3,(H,31,35)(H,32,34). The van der Waals surface area contributed by atoms with Gasteiger partial charge in [0.1, 0.15) is 22.9 Å². The SMILES string of the molecule is CCOC(=O)c1c(-c2ccc[nH]c2=O)c2c3occc3c(F)cc2n1Cc1cc(=O)[nH]c2ccc(F)cc12. The minimum Gasteiger partial charge on any atom is -0.463 e. The van der Waals surface area contributed by atoms with Gasteiger partial charge in [-0.15, -0.1) is 0 Å². The second kappa shape index (κ2) is 8.84. The van der Waals surface area contributed by atoms with Crippen LogP contribution in [0.15, 0.2) is 75.0 Å². The van der Waals surface area contributed by atoms with E-state index in [-0.39, 0.29) is 46.5 Å². The van der Waals surface area contributed by atoms with Crippen LogP contribution in [0, 0.1) is 11.6 Å². The number of aromatic amines is 2. The summed E-state index contributed by atoms with van der Waals surface area (Å²) < 4.78 is 41.9. The van der Waals surface area contributed by atoms with Gasteiger partial charge in [0, 0.05) is 35.3 Å². The number of carbonyl (C=O) groups is 1. The Morgan fingerprint density at radius 3 is 2.71 bits per heavy atom. The molecule has 0 fully saturated rings. The summed E-state index contributed by atoms with van der Waals surface area (Å²) in [6.45, 7) is 1.54. The molecule has 0 radical (unpaired) electrons. The van der Waals surface area contributed by atoms with Crippen molar-refractivity contribution < 1.29 is 22.7 Å². The number of benzene rings is 2.